The predicted molar refractivity (Wildman–Crippen MR) is 113 cm³/mol. The molecule has 1 aliphatic heterocycles. The lowest BCUT2D eigenvalue weighted by molar-refractivity contribution is 0.147. The van der Waals surface area contributed by atoms with Gasteiger partial charge in [-0.1, -0.05) is 18.2 Å². The van der Waals surface area contributed by atoms with E-state index in [4.69, 9.17) is 13.9 Å². The van der Waals surface area contributed by atoms with Crippen LogP contribution in [0.25, 0.3) is 11.0 Å². The van der Waals surface area contributed by atoms with Gasteiger partial charge < -0.3 is 19.2 Å². The van der Waals surface area contributed by atoms with Crippen molar-refractivity contribution in [3.63, 3.8) is 0 Å². The van der Waals surface area contributed by atoms with Crippen LogP contribution in [0.1, 0.15) is 18.0 Å². The molecule has 0 saturated carbocycles. The molecule has 0 aliphatic carbocycles. The number of para-hydroxylation sites is 1. The summed E-state index contributed by atoms with van der Waals surface area (Å²) in [5.74, 6) is 1.65. The molecule has 29 heavy (non-hydrogen) atoms. The quantitative estimate of drug-likeness (QED) is 0.621. The van der Waals surface area contributed by atoms with Crippen molar-refractivity contribution in [3.8, 4) is 11.5 Å². The Morgan fingerprint density at radius 1 is 1.21 bits per heavy atom. The zero-order valence-electron chi connectivity index (χ0n) is 16.6. The van der Waals surface area contributed by atoms with Crippen LogP contribution in [0.4, 0.5) is 0 Å². The van der Waals surface area contributed by atoms with E-state index in [0.717, 1.165) is 38.3 Å². The molecular formula is C23H26N2O4. The van der Waals surface area contributed by atoms with Crippen molar-refractivity contribution in [3.05, 3.63) is 70.6 Å². The van der Waals surface area contributed by atoms with E-state index in [2.05, 4.69) is 22.3 Å². The Kier molecular flexibility index (Phi) is 6.12. The molecule has 3 aromatic rings. The molecule has 0 bridgehead atoms. The molecule has 1 unspecified atom stereocenters. The maximum atomic E-state index is 11.8. The summed E-state index contributed by atoms with van der Waals surface area (Å²) in [4.78, 5) is 14.3. The molecule has 1 saturated heterocycles. The minimum Gasteiger partial charge on any atom is -0.496 e. The van der Waals surface area contributed by atoms with Crippen LogP contribution in [0, 0.1) is 0 Å². The van der Waals surface area contributed by atoms with Gasteiger partial charge in [-0.05, 0) is 24.6 Å². The van der Waals surface area contributed by atoms with Gasteiger partial charge in [-0.3, -0.25) is 9.69 Å². The number of methoxy groups -OCH3 is 1. The number of ether oxygens (including phenoxy) is 2. The molecule has 1 aliphatic rings. The summed E-state index contributed by atoms with van der Waals surface area (Å²) >= 11 is 0. The first-order valence-electron chi connectivity index (χ1n) is 9.98. The normalized spacial score (nSPS) is 17.3. The van der Waals surface area contributed by atoms with Crippen LogP contribution in [0.5, 0.6) is 11.5 Å². The Morgan fingerprint density at radius 2 is 2.10 bits per heavy atom. The molecule has 0 spiro atoms. The second-order valence-electron chi connectivity index (χ2n) is 7.14. The average Bonchev–Trinajstić information content (AvgIpc) is 2.77. The maximum Gasteiger partial charge on any atom is 0.192 e. The zero-order chi connectivity index (χ0) is 20.1. The van der Waals surface area contributed by atoms with Gasteiger partial charge in [0.15, 0.2) is 5.43 Å². The second kappa shape index (κ2) is 9.11. The predicted octanol–water partition coefficient (Wildman–Crippen LogP) is 3.22. The highest BCUT2D eigenvalue weighted by Gasteiger charge is 2.25. The van der Waals surface area contributed by atoms with Crippen LogP contribution >= 0.6 is 0 Å². The Hall–Kier alpha value is -2.83. The molecule has 2 aromatic carbocycles. The number of fused-ring (bicyclic) bond motifs is 1. The number of benzene rings is 2. The highest BCUT2D eigenvalue weighted by Crippen LogP contribution is 2.30. The highest BCUT2D eigenvalue weighted by atomic mass is 16.5. The number of hydrogen-bond donors (Lipinski definition) is 1. The van der Waals surface area contributed by atoms with Gasteiger partial charge in [-0.15, -0.1) is 0 Å². The lowest BCUT2D eigenvalue weighted by Gasteiger charge is -2.37. The molecular weight excluding hydrogens is 368 g/mol. The van der Waals surface area contributed by atoms with E-state index in [1.54, 1.807) is 19.2 Å². The first-order chi connectivity index (χ1) is 14.3. The largest absolute Gasteiger partial charge is 0.496 e. The van der Waals surface area contributed by atoms with Crippen LogP contribution < -0.4 is 20.2 Å². The Labute approximate surface area is 170 Å². The van der Waals surface area contributed by atoms with Crippen LogP contribution in [0.15, 0.2) is 64.0 Å². The molecule has 6 heteroatoms. The fourth-order valence-electron chi connectivity index (χ4n) is 3.87. The summed E-state index contributed by atoms with van der Waals surface area (Å²) in [6, 6.07) is 15.3. The molecule has 1 aromatic heterocycles. The van der Waals surface area contributed by atoms with Gasteiger partial charge >= 0.3 is 0 Å². The van der Waals surface area contributed by atoms with E-state index in [1.165, 1.54) is 17.9 Å². The summed E-state index contributed by atoms with van der Waals surface area (Å²) in [7, 11) is 1.72. The molecule has 0 amide bonds. The van der Waals surface area contributed by atoms with E-state index in [9.17, 15) is 4.79 Å². The highest BCUT2D eigenvalue weighted by molar-refractivity contribution is 5.77. The Morgan fingerprint density at radius 3 is 3.00 bits per heavy atom. The first kappa shape index (κ1) is 19.5. The van der Waals surface area contributed by atoms with Gasteiger partial charge in [-0.25, -0.2) is 0 Å². The molecule has 4 rings (SSSR count). The summed E-state index contributed by atoms with van der Waals surface area (Å²) in [6.45, 7) is 4.42. The van der Waals surface area contributed by atoms with Gasteiger partial charge in [0, 0.05) is 43.9 Å². The summed E-state index contributed by atoms with van der Waals surface area (Å²) in [6.07, 6.45) is 2.32. The van der Waals surface area contributed by atoms with E-state index in [0.29, 0.717) is 23.3 Å². The van der Waals surface area contributed by atoms with Crippen LogP contribution in [-0.2, 0) is 0 Å². The zero-order valence-corrected chi connectivity index (χ0v) is 16.6. The molecule has 1 atom stereocenters. The number of rotatable bonds is 7. The molecule has 152 valence electrons. The summed E-state index contributed by atoms with van der Waals surface area (Å²) < 4.78 is 16.9. The molecule has 1 fully saturated rings. The van der Waals surface area contributed by atoms with Crippen molar-refractivity contribution in [2.45, 2.75) is 12.5 Å². The fraction of sp³-hybridized carbons (Fsp3) is 0.348. The topological polar surface area (TPSA) is 63.9 Å². The molecule has 2 heterocycles. The average molecular weight is 394 g/mol. The lowest BCUT2D eigenvalue weighted by Crippen LogP contribution is -2.46. The minimum atomic E-state index is -0.0427. The summed E-state index contributed by atoms with van der Waals surface area (Å²) in [5, 5.41) is 4.06. The Bertz CT molecular complexity index is 1020. The van der Waals surface area contributed by atoms with Gasteiger partial charge in [0.05, 0.1) is 31.4 Å². The minimum absolute atomic E-state index is 0.0427. The fourth-order valence-corrected chi connectivity index (χ4v) is 3.87. The van der Waals surface area contributed by atoms with Gasteiger partial charge in [0.2, 0.25) is 0 Å². The second-order valence-corrected chi connectivity index (χ2v) is 7.14. The lowest BCUT2D eigenvalue weighted by atomic mass is 10.0. The maximum absolute atomic E-state index is 11.8. The van der Waals surface area contributed by atoms with Crippen molar-refractivity contribution in [1.29, 1.82) is 0 Å². The van der Waals surface area contributed by atoms with E-state index < -0.39 is 0 Å². The van der Waals surface area contributed by atoms with E-state index >= 15 is 0 Å². The van der Waals surface area contributed by atoms with E-state index in [1.807, 2.05) is 18.2 Å². The number of hydrogen-bond acceptors (Lipinski definition) is 6. The van der Waals surface area contributed by atoms with Gasteiger partial charge in [-0.2, -0.15) is 0 Å². The number of piperazine rings is 1. The van der Waals surface area contributed by atoms with Crippen molar-refractivity contribution in [2.24, 2.45) is 0 Å². The third-order valence-corrected chi connectivity index (χ3v) is 5.34. The van der Waals surface area contributed by atoms with Gasteiger partial charge in [0.25, 0.3) is 0 Å². The standard InChI is InChI=1S/C23H26N2O4/c1-27-22-6-3-2-5-18(22)20-16-24-10-12-25(20)11-4-13-28-17-7-8-19-21(26)9-14-29-23(19)15-17/h2-3,5-9,14-15,20,24H,4,10-13,16H2,1H3. The van der Waals surface area contributed by atoms with Crippen molar-refractivity contribution < 1.29 is 13.9 Å². The monoisotopic (exact) mass is 394 g/mol. The smallest absolute Gasteiger partial charge is 0.192 e. The molecule has 6 nitrogen and oxygen atoms in total. The van der Waals surface area contributed by atoms with Crippen molar-refractivity contribution in [2.75, 3.05) is 39.9 Å². The molecule has 1 N–H and O–H groups in total. The first-order valence-corrected chi connectivity index (χ1v) is 9.98. The van der Waals surface area contributed by atoms with Crippen LogP contribution in [-0.4, -0.2) is 44.8 Å². The van der Waals surface area contributed by atoms with Gasteiger partial charge in [0.1, 0.15) is 17.1 Å². The number of nitrogens with one attached hydrogen (secondary N) is 1. The van der Waals surface area contributed by atoms with Crippen molar-refractivity contribution in [1.82, 2.24) is 10.2 Å². The summed E-state index contributed by atoms with van der Waals surface area (Å²) in [5.41, 5.74) is 1.72. The Balaban J connectivity index is 1.36. The van der Waals surface area contributed by atoms with E-state index in [-0.39, 0.29) is 11.5 Å². The van der Waals surface area contributed by atoms with Crippen molar-refractivity contribution >= 4 is 11.0 Å². The van der Waals surface area contributed by atoms with Crippen LogP contribution in [0.2, 0.25) is 0 Å². The SMILES string of the molecule is COc1ccccc1C1CNCCN1CCCOc1ccc2c(=O)ccoc2c1. The number of nitrogens with zero attached hydrogens (tertiary/aromatic N) is 1. The molecule has 0 radical (unpaired) electrons. The third kappa shape index (κ3) is 4.44. The third-order valence-electron chi connectivity index (χ3n) is 5.34. The van der Waals surface area contributed by atoms with Crippen LogP contribution in [0.3, 0.4) is 0 Å².